The number of alkyl carbamates (subject to hydrolysis) is 1. The van der Waals surface area contributed by atoms with Gasteiger partial charge in [-0.1, -0.05) is 13.3 Å². The van der Waals surface area contributed by atoms with Crippen LogP contribution in [0.3, 0.4) is 0 Å². The number of hydrogen-bond donors (Lipinski definition) is 2. The molecule has 0 aromatic heterocycles. The Morgan fingerprint density at radius 3 is 2.38 bits per heavy atom. The van der Waals surface area contributed by atoms with Gasteiger partial charge in [-0.05, 0) is 27.2 Å². The zero-order chi connectivity index (χ0) is 19.0. The predicted molar refractivity (Wildman–Crippen MR) is 88.6 cm³/mol. The summed E-state index contributed by atoms with van der Waals surface area (Å²) in [6, 6.07) is 0. The van der Waals surface area contributed by atoms with E-state index in [1.807, 2.05) is 6.92 Å². The molecule has 0 bridgehead atoms. The van der Waals surface area contributed by atoms with Crippen LogP contribution in [0.5, 0.6) is 0 Å². The van der Waals surface area contributed by atoms with Crippen molar-refractivity contribution in [2.75, 3.05) is 12.7 Å². The topological polar surface area (TPSA) is 102 Å². The smallest absolute Gasteiger partial charge is 0.410 e. The maximum atomic E-state index is 13.7. The Bertz CT molecular complexity index is 465. The van der Waals surface area contributed by atoms with Crippen LogP contribution in [-0.2, 0) is 18.8 Å². The Hall–Kier alpha value is -1.14. The maximum absolute atomic E-state index is 13.7. The van der Waals surface area contributed by atoms with Gasteiger partial charge < -0.3 is 19.7 Å². The van der Waals surface area contributed by atoms with E-state index in [0.29, 0.717) is 12.8 Å². The first-order valence-corrected chi connectivity index (χ1v) is 9.92. The van der Waals surface area contributed by atoms with E-state index in [4.69, 9.17) is 9.47 Å². The van der Waals surface area contributed by atoms with Crippen molar-refractivity contribution in [2.45, 2.75) is 66.1 Å². The van der Waals surface area contributed by atoms with Crippen molar-refractivity contribution in [2.24, 2.45) is 5.41 Å². The third-order valence-corrected chi connectivity index (χ3v) is 5.17. The van der Waals surface area contributed by atoms with Crippen molar-refractivity contribution < 1.29 is 32.9 Å². The van der Waals surface area contributed by atoms with Crippen molar-refractivity contribution in [3.8, 4) is 0 Å². The molecule has 3 atom stereocenters. The second-order valence-corrected chi connectivity index (χ2v) is 9.13. The monoisotopic (exact) mass is 369 g/mol. The number of alkyl halides is 1. The number of carbonyl (C=O) groups excluding carboxylic acids is 2. The number of amides is 1. The van der Waals surface area contributed by atoms with Crippen molar-refractivity contribution >= 4 is 19.4 Å². The predicted octanol–water partition coefficient (Wildman–Crippen LogP) is 3.40. The standard InChI is InChI=1S/C15H29FNO6P/c1-6-7-10-24(20,21)12(16)8-9-17-14(19)23-11(2)22-13(18)15(3,4)5/h11-12H,6-10H2,1-5H3,(H,17,19)(H,20,21)/t11-,12-/m0/s1. The highest BCUT2D eigenvalue weighted by Crippen LogP contribution is 2.49. The highest BCUT2D eigenvalue weighted by atomic mass is 31.2. The van der Waals surface area contributed by atoms with Gasteiger partial charge in [0.1, 0.15) is 0 Å². The molecule has 1 unspecified atom stereocenters. The summed E-state index contributed by atoms with van der Waals surface area (Å²) in [6.07, 6.45) is -1.17. The molecule has 0 fully saturated rings. The molecule has 0 saturated heterocycles. The molecular formula is C15H29FNO6P. The van der Waals surface area contributed by atoms with Crippen LogP contribution >= 0.6 is 7.37 Å². The lowest BCUT2D eigenvalue weighted by atomic mass is 9.97. The van der Waals surface area contributed by atoms with Gasteiger partial charge in [0.2, 0.25) is 13.7 Å². The lowest BCUT2D eigenvalue weighted by Gasteiger charge is -2.21. The number of halogens is 1. The van der Waals surface area contributed by atoms with Crippen LogP contribution in [0.1, 0.15) is 53.9 Å². The molecule has 24 heavy (non-hydrogen) atoms. The summed E-state index contributed by atoms with van der Waals surface area (Å²) in [7, 11) is -3.85. The number of esters is 1. The minimum absolute atomic E-state index is 0.0745. The van der Waals surface area contributed by atoms with Gasteiger partial charge >= 0.3 is 12.1 Å². The van der Waals surface area contributed by atoms with E-state index in [0.717, 1.165) is 0 Å². The molecule has 1 amide bonds. The van der Waals surface area contributed by atoms with Gasteiger partial charge in [0, 0.05) is 26.1 Å². The van der Waals surface area contributed by atoms with E-state index in [-0.39, 0.29) is 19.1 Å². The molecular weight excluding hydrogens is 340 g/mol. The maximum Gasteiger partial charge on any atom is 0.410 e. The molecule has 0 aliphatic rings. The van der Waals surface area contributed by atoms with Gasteiger partial charge in [-0.15, -0.1) is 0 Å². The van der Waals surface area contributed by atoms with E-state index in [1.54, 1.807) is 20.8 Å². The fraction of sp³-hybridized carbons (Fsp3) is 0.867. The summed E-state index contributed by atoms with van der Waals surface area (Å²) in [6.45, 7) is 8.06. The molecule has 0 aromatic rings. The van der Waals surface area contributed by atoms with E-state index < -0.39 is 37.0 Å². The van der Waals surface area contributed by atoms with Crippen LogP contribution in [0, 0.1) is 5.41 Å². The Kier molecular flexibility index (Phi) is 9.51. The number of nitrogens with one attached hydrogen (secondary N) is 1. The molecule has 2 N–H and O–H groups in total. The van der Waals surface area contributed by atoms with Crippen molar-refractivity contribution in [1.29, 1.82) is 0 Å². The zero-order valence-corrected chi connectivity index (χ0v) is 15.9. The number of ether oxygens (including phenoxy) is 2. The lowest BCUT2D eigenvalue weighted by Crippen LogP contribution is -2.34. The highest BCUT2D eigenvalue weighted by Gasteiger charge is 2.30. The number of carbonyl (C=O) groups is 2. The fourth-order valence-corrected chi connectivity index (χ4v) is 3.15. The van der Waals surface area contributed by atoms with Crippen LogP contribution in [0.15, 0.2) is 0 Å². The van der Waals surface area contributed by atoms with E-state index in [2.05, 4.69) is 5.32 Å². The minimum Gasteiger partial charge on any atom is -0.425 e. The first-order valence-electron chi connectivity index (χ1n) is 8.01. The van der Waals surface area contributed by atoms with Crippen LogP contribution in [0.25, 0.3) is 0 Å². The van der Waals surface area contributed by atoms with Crippen molar-refractivity contribution in [3.05, 3.63) is 0 Å². The molecule has 0 heterocycles. The molecule has 0 aromatic carbocycles. The average molecular weight is 369 g/mol. The Morgan fingerprint density at radius 2 is 1.88 bits per heavy atom. The molecule has 0 aliphatic heterocycles. The van der Waals surface area contributed by atoms with Gasteiger partial charge in [0.05, 0.1) is 5.41 Å². The molecule has 142 valence electrons. The summed E-state index contributed by atoms with van der Waals surface area (Å²) in [5.74, 6) is -2.41. The van der Waals surface area contributed by atoms with Gasteiger partial charge in [-0.25, -0.2) is 9.18 Å². The third-order valence-electron chi connectivity index (χ3n) is 3.08. The quantitative estimate of drug-likeness (QED) is 0.367. The second-order valence-electron chi connectivity index (χ2n) is 6.61. The summed E-state index contributed by atoms with van der Waals surface area (Å²) >= 11 is 0. The molecule has 0 rings (SSSR count). The zero-order valence-electron chi connectivity index (χ0n) is 15.0. The Morgan fingerprint density at radius 1 is 1.29 bits per heavy atom. The van der Waals surface area contributed by atoms with Crippen molar-refractivity contribution in [3.63, 3.8) is 0 Å². The highest BCUT2D eigenvalue weighted by molar-refractivity contribution is 7.58. The van der Waals surface area contributed by atoms with Gasteiger partial charge in [-0.2, -0.15) is 0 Å². The molecule has 9 heteroatoms. The molecule has 0 saturated carbocycles. The summed E-state index contributed by atoms with van der Waals surface area (Å²) in [5.41, 5.74) is -0.726. The van der Waals surface area contributed by atoms with E-state index in [9.17, 15) is 23.4 Å². The van der Waals surface area contributed by atoms with Crippen LogP contribution in [-0.4, -0.2) is 41.9 Å². The fourth-order valence-electron chi connectivity index (χ4n) is 1.56. The lowest BCUT2D eigenvalue weighted by molar-refractivity contribution is -0.174. The largest absolute Gasteiger partial charge is 0.425 e. The van der Waals surface area contributed by atoms with Crippen molar-refractivity contribution in [1.82, 2.24) is 5.32 Å². The third kappa shape index (κ3) is 9.23. The first kappa shape index (κ1) is 22.9. The van der Waals surface area contributed by atoms with Gasteiger partial charge in [0.15, 0.2) is 5.91 Å². The van der Waals surface area contributed by atoms with E-state index >= 15 is 0 Å². The van der Waals surface area contributed by atoms with Gasteiger partial charge in [0.25, 0.3) is 0 Å². The Labute approximate surface area is 142 Å². The molecule has 0 radical (unpaired) electrons. The Balaban J connectivity index is 4.14. The SMILES string of the molecule is CCCCP(=O)(O)[C@H](F)CCNC(=O)O[C@@H](C)OC(=O)C(C)(C)C. The number of unbranched alkanes of at least 4 members (excludes halogenated alkanes) is 1. The number of hydrogen-bond acceptors (Lipinski definition) is 5. The minimum atomic E-state index is -3.85. The summed E-state index contributed by atoms with van der Waals surface area (Å²) < 4.78 is 35.2. The van der Waals surface area contributed by atoms with Crippen LogP contribution in [0.4, 0.5) is 9.18 Å². The average Bonchev–Trinajstić information content (AvgIpc) is 2.43. The molecule has 0 spiro atoms. The van der Waals surface area contributed by atoms with Crippen LogP contribution < -0.4 is 5.32 Å². The second kappa shape index (κ2) is 9.99. The molecule has 0 aliphatic carbocycles. The van der Waals surface area contributed by atoms with Crippen LogP contribution in [0.2, 0.25) is 0 Å². The normalized spacial score (nSPS) is 16.6. The summed E-state index contributed by atoms with van der Waals surface area (Å²) in [4.78, 5) is 32.7. The molecule has 7 nitrogen and oxygen atoms in total. The first-order chi connectivity index (χ1) is 10.9. The summed E-state index contributed by atoms with van der Waals surface area (Å²) in [5, 5.41) is 2.26. The van der Waals surface area contributed by atoms with Gasteiger partial charge in [-0.3, -0.25) is 9.36 Å². The number of rotatable bonds is 9. The van der Waals surface area contributed by atoms with E-state index in [1.165, 1.54) is 6.92 Å².